The van der Waals surface area contributed by atoms with Gasteiger partial charge in [-0.1, -0.05) is 0 Å². The molecular formula is C12H19NO3. The number of rotatable bonds is 2. The Kier molecular flexibility index (Phi) is 3.80. The molecule has 2 fully saturated rings. The van der Waals surface area contributed by atoms with Crippen molar-refractivity contribution in [3.8, 4) is 6.07 Å². The monoisotopic (exact) mass is 225 g/mol. The Bertz CT molecular complexity index is 262. The van der Waals surface area contributed by atoms with Crippen LogP contribution in [0.2, 0.25) is 0 Å². The van der Waals surface area contributed by atoms with Gasteiger partial charge in [-0.05, 0) is 31.6 Å². The lowest BCUT2D eigenvalue weighted by molar-refractivity contribution is -0.0908. The Hall–Kier alpha value is -0.630. The van der Waals surface area contributed by atoms with Crippen LogP contribution in [0.3, 0.4) is 0 Å². The number of aliphatic hydroxyl groups excluding tert-OH is 1. The highest BCUT2D eigenvalue weighted by molar-refractivity contribution is 5.06. The number of nitriles is 1. The molecule has 2 aliphatic heterocycles. The third kappa shape index (κ3) is 2.22. The molecule has 2 rings (SSSR count). The van der Waals surface area contributed by atoms with Crippen LogP contribution in [-0.4, -0.2) is 37.6 Å². The summed E-state index contributed by atoms with van der Waals surface area (Å²) in [5.74, 6) is 0.190. The minimum atomic E-state index is -0.680. The van der Waals surface area contributed by atoms with E-state index >= 15 is 0 Å². The summed E-state index contributed by atoms with van der Waals surface area (Å²) in [7, 11) is 0. The van der Waals surface area contributed by atoms with Crippen molar-refractivity contribution in [3.05, 3.63) is 0 Å². The van der Waals surface area contributed by atoms with Crippen LogP contribution in [-0.2, 0) is 9.47 Å². The fourth-order valence-corrected chi connectivity index (χ4v) is 2.69. The standard InChI is InChI=1S/C12H19NO3/c13-8-12(4-1-5-16-9-12)11(14)10-2-6-15-7-3-10/h10-11,14H,1-7,9H2. The summed E-state index contributed by atoms with van der Waals surface area (Å²) in [6.07, 6.45) is 2.76. The highest BCUT2D eigenvalue weighted by Crippen LogP contribution is 2.37. The van der Waals surface area contributed by atoms with Gasteiger partial charge in [0, 0.05) is 19.8 Å². The maximum atomic E-state index is 10.4. The van der Waals surface area contributed by atoms with E-state index < -0.39 is 11.5 Å². The average molecular weight is 225 g/mol. The molecular weight excluding hydrogens is 206 g/mol. The van der Waals surface area contributed by atoms with Crippen molar-refractivity contribution >= 4 is 0 Å². The van der Waals surface area contributed by atoms with Crippen molar-refractivity contribution in [2.24, 2.45) is 11.3 Å². The predicted octanol–water partition coefficient (Wildman–Crippen LogP) is 1.09. The molecule has 0 aromatic rings. The molecule has 2 aliphatic rings. The zero-order valence-corrected chi connectivity index (χ0v) is 9.52. The van der Waals surface area contributed by atoms with Gasteiger partial charge < -0.3 is 14.6 Å². The lowest BCUT2D eigenvalue weighted by atomic mass is 9.72. The Morgan fingerprint density at radius 1 is 1.25 bits per heavy atom. The average Bonchev–Trinajstić information content (AvgIpc) is 2.39. The summed E-state index contributed by atoms with van der Waals surface area (Å²) >= 11 is 0. The first-order valence-corrected chi connectivity index (χ1v) is 6.03. The van der Waals surface area contributed by atoms with E-state index in [1.165, 1.54) is 0 Å². The third-order valence-corrected chi connectivity index (χ3v) is 3.77. The van der Waals surface area contributed by atoms with Gasteiger partial charge in [-0.3, -0.25) is 0 Å². The van der Waals surface area contributed by atoms with E-state index in [1.807, 2.05) is 0 Å². The van der Waals surface area contributed by atoms with E-state index in [0.717, 1.165) is 25.7 Å². The molecule has 16 heavy (non-hydrogen) atoms. The molecule has 4 nitrogen and oxygen atoms in total. The summed E-state index contributed by atoms with van der Waals surface area (Å²) in [5.41, 5.74) is -0.680. The van der Waals surface area contributed by atoms with Gasteiger partial charge in [0.2, 0.25) is 0 Å². The maximum absolute atomic E-state index is 10.4. The molecule has 2 saturated heterocycles. The molecule has 0 saturated carbocycles. The third-order valence-electron chi connectivity index (χ3n) is 3.77. The van der Waals surface area contributed by atoms with Crippen LogP contribution < -0.4 is 0 Å². The van der Waals surface area contributed by atoms with Gasteiger partial charge in [0.05, 0.1) is 18.8 Å². The second-order valence-corrected chi connectivity index (χ2v) is 4.82. The summed E-state index contributed by atoms with van der Waals surface area (Å²) < 4.78 is 10.7. The highest BCUT2D eigenvalue weighted by Gasteiger charge is 2.44. The van der Waals surface area contributed by atoms with Crippen LogP contribution in [0.15, 0.2) is 0 Å². The first-order valence-electron chi connectivity index (χ1n) is 6.03. The van der Waals surface area contributed by atoms with Crippen LogP contribution in [0.25, 0.3) is 0 Å². The van der Waals surface area contributed by atoms with Crippen LogP contribution in [0.5, 0.6) is 0 Å². The molecule has 90 valence electrons. The van der Waals surface area contributed by atoms with E-state index in [-0.39, 0.29) is 5.92 Å². The quantitative estimate of drug-likeness (QED) is 0.764. The second kappa shape index (κ2) is 5.13. The Morgan fingerprint density at radius 2 is 2.00 bits per heavy atom. The summed E-state index contributed by atoms with van der Waals surface area (Å²) in [5, 5.41) is 19.7. The number of aliphatic hydroxyl groups is 1. The van der Waals surface area contributed by atoms with Crippen LogP contribution in [0.4, 0.5) is 0 Å². The predicted molar refractivity (Wildman–Crippen MR) is 57.6 cm³/mol. The largest absolute Gasteiger partial charge is 0.391 e. The van der Waals surface area contributed by atoms with Crippen molar-refractivity contribution < 1.29 is 14.6 Å². The SMILES string of the molecule is N#CC1(C(O)C2CCOCC2)CCCOC1. The topological polar surface area (TPSA) is 62.5 Å². The van der Waals surface area contributed by atoms with Gasteiger partial charge in [-0.2, -0.15) is 5.26 Å². The highest BCUT2D eigenvalue weighted by atomic mass is 16.5. The lowest BCUT2D eigenvalue weighted by Crippen LogP contribution is -2.46. The minimum absolute atomic E-state index is 0.190. The number of hydrogen-bond acceptors (Lipinski definition) is 4. The van der Waals surface area contributed by atoms with E-state index in [2.05, 4.69) is 6.07 Å². The summed E-state index contributed by atoms with van der Waals surface area (Å²) in [4.78, 5) is 0. The smallest absolute Gasteiger partial charge is 0.107 e. The van der Waals surface area contributed by atoms with Gasteiger partial charge in [0.15, 0.2) is 0 Å². The van der Waals surface area contributed by atoms with Gasteiger partial charge in [0.25, 0.3) is 0 Å². The van der Waals surface area contributed by atoms with Crippen LogP contribution in [0.1, 0.15) is 25.7 Å². The molecule has 0 spiro atoms. The van der Waals surface area contributed by atoms with Gasteiger partial charge in [-0.25, -0.2) is 0 Å². The Morgan fingerprint density at radius 3 is 2.56 bits per heavy atom. The first kappa shape index (κ1) is 11.8. The lowest BCUT2D eigenvalue weighted by Gasteiger charge is -2.39. The summed E-state index contributed by atoms with van der Waals surface area (Å²) in [6.45, 7) is 2.49. The number of hydrogen-bond donors (Lipinski definition) is 1. The molecule has 0 aromatic carbocycles. The van der Waals surface area contributed by atoms with Gasteiger partial charge in [-0.15, -0.1) is 0 Å². The molecule has 0 bridgehead atoms. The van der Waals surface area contributed by atoms with E-state index in [4.69, 9.17) is 9.47 Å². The zero-order chi connectivity index (χ0) is 11.4. The molecule has 2 heterocycles. The molecule has 4 heteroatoms. The fourth-order valence-electron chi connectivity index (χ4n) is 2.69. The van der Waals surface area contributed by atoms with Crippen molar-refractivity contribution in [3.63, 3.8) is 0 Å². The Labute approximate surface area is 96.2 Å². The molecule has 2 atom stereocenters. The minimum Gasteiger partial charge on any atom is -0.391 e. The van der Waals surface area contributed by atoms with Crippen molar-refractivity contribution in [1.29, 1.82) is 5.26 Å². The number of nitrogens with zero attached hydrogens (tertiary/aromatic N) is 1. The normalized spacial score (nSPS) is 34.2. The molecule has 0 aliphatic carbocycles. The van der Waals surface area contributed by atoms with Gasteiger partial charge >= 0.3 is 0 Å². The zero-order valence-electron chi connectivity index (χ0n) is 9.52. The maximum Gasteiger partial charge on any atom is 0.107 e. The Balaban J connectivity index is 2.04. The van der Waals surface area contributed by atoms with Crippen molar-refractivity contribution in [2.75, 3.05) is 26.4 Å². The van der Waals surface area contributed by atoms with Gasteiger partial charge in [0.1, 0.15) is 5.41 Å². The van der Waals surface area contributed by atoms with E-state index in [9.17, 15) is 10.4 Å². The fraction of sp³-hybridized carbons (Fsp3) is 0.917. The van der Waals surface area contributed by atoms with E-state index in [0.29, 0.717) is 26.4 Å². The molecule has 2 unspecified atom stereocenters. The van der Waals surface area contributed by atoms with Crippen molar-refractivity contribution in [2.45, 2.75) is 31.8 Å². The summed E-state index contributed by atoms with van der Waals surface area (Å²) in [6, 6.07) is 2.30. The molecule has 0 aromatic heterocycles. The molecule has 0 radical (unpaired) electrons. The molecule has 0 amide bonds. The van der Waals surface area contributed by atoms with Crippen LogP contribution >= 0.6 is 0 Å². The van der Waals surface area contributed by atoms with Crippen molar-refractivity contribution in [1.82, 2.24) is 0 Å². The van der Waals surface area contributed by atoms with E-state index in [1.54, 1.807) is 0 Å². The second-order valence-electron chi connectivity index (χ2n) is 4.82. The first-order chi connectivity index (χ1) is 7.78. The van der Waals surface area contributed by atoms with Crippen LogP contribution in [0, 0.1) is 22.7 Å². The number of ether oxygens (including phenoxy) is 2. The molecule has 1 N–H and O–H groups in total.